The molecule has 0 aromatic heterocycles. The lowest BCUT2D eigenvalue weighted by Crippen LogP contribution is -2.97. The molecular weight excluding hydrogens is 266 g/mol. The van der Waals surface area contributed by atoms with Crippen LogP contribution in [0, 0.1) is 17.8 Å². The molecule has 1 heteroatoms. The normalized spacial score (nSPS) is 36.8. The first-order valence-corrected chi connectivity index (χ1v) is 9.36. The van der Waals surface area contributed by atoms with Crippen LogP contribution in [0.25, 0.3) is 0 Å². The quantitative estimate of drug-likeness (QED) is 0.868. The van der Waals surface area contributed by atoms with Gasteiger partial charge in [-0.15, -0.1) is 0 Å². The Morgan fingerprint density at radius 3 is 1.86 bits per heavy atom. The lowest BCUT2D eigenvalue weighted by molar-refractivity contribution is -0.752. The van der Waals surface area contributed by atoms with Crippen LogP contribution in [0.15, 0.2) is 24.3 Å². The summed E-state index contributed by atoms with van der Waals surface area (Å²) < 4.78 is 0. The standard InChI is InChI=1S/C21H31N/c1-20(2,3)19-6-4-15(5-7-19)14-22-21-11-16-8-17(12-21)10-18(9-16)13-21/h4-7,16-18,22H,8-14H2,1-3H3/p+1. The number of quaternary nitrogens is 1. The average Bonchev–Trinajstić information content (AvgIpc) is 2.43. The molecule has 22 heavy (non-hydrogen) atoms. The maximum Gasteiger partial charge on any atom is 0.102 e. The van der Waals surface area contributed by atoms with Crippen molar-refractivity contribution >= 4 is 0 Å². The van der Waals surface area contributed by atoms with E-state index in [1.54, 1.807) is 19.3 Å². The molecule has 0 radical (unpaired) electrons. The Labute approximate surface area is 135 Å². The first-order chi connectivity index (χ1) is 10.4. The van der Waals surface area contributed by atoms with Crippen LogP contribution >= 0.6 is 0 Å². The Kier molecular flexibility index (Phi) is 3.41. The molecule has 0 amide bonds. The number of nitrogens with two attached hydrogens (primary N) is 1. The predicted octanol–water partition coefficient (Wildman–Crippen LogP) is 4.02. The fourth-order valence-corrected chi connectivity index (χ4v) is 5.90. The highest BCUT2D eigenvalue weighted by atomic mass is 15.0. The second-order valence-corrected chi connectivity index (χ2v) is 9.64. The van der Waals surface area contributed by atoms with E-state index in [4.69, 9.17) is 0 Å². The third-order valence-electron chi connectivity index (χ3n) is 6.68. The van der Waals surface area contributed by atoms with E-state index < -0.39 is 0 Å². The average molecular weight is 298 g/mol. The van der Waals surface area contributed by atoms with Gasteiger partial charge in [-0.05, 0) is 48.0 Å². The SMILES string of the molecule is CC(C)(C)c1ccc(C[NH2+]C23CC4CC(CC(C4)C2)C3)cc1. The first-order valence-electron chi connectivity index (χ1n) is 9.36. The Bertz CT molecular complexity index is 499. The fraction of sp³-hybridized carbons (Fsp3) is 0.714. The van der Waals surface area contributed by atoms with Crippen LogP contribution < -0.4 is 5.32 Å². The minimum Gasteiger partial charge on any atom is -0.338 e. The van der Waals surface area contributed by atoms with Crippen molar-refractivity contribution in [2.75, 3.05) is 0 Å². The minimum absolute atomic E-state index is 0.266. The topological polar surface area (TPSA) is 16.6 Å². The Balaban J connectivity index is 1.42. The highest BCUT2D eigenvalue weighted by Gasteiger charge is 2.53. The number of benzene rings is 1. The van der Waals surface area contributed by atoms with Crippen LogP contribution in [0.5, 0.6) is 0 Å². The summed E-state index contributed by atoms with van der Waals surface area (Å²) in [5, 5.41) is 2.73. The third kappa shape index (κ3) is 2.73. The van der Waals surface area contributed by atoms with E-state index in [-0.39, 0.29) is 5.41 Å². The zero-order valence-corrected chi connectivity index (χ0v) is 14.6. The molecule has 4 aliphatic carbocycles. The molecule has 0 heterocycles. The van der Waals surface area contributed by atoms with Crippen molar-refractivity contribution in [3.05, 3.63) is 35.4 Å². The Morgan fingerprint density at radius 1 is 0.909 bits per heavy atom. The molecule has 5 rings (SSSR count). The van der Waals surface area contributed by atoms with Gasteiger partial charge in [-0.1, -0.05) is 45.0 Å². The van der Waals surface area contributed by atoms with Crippen molar-refractivity contribution in [3.63, 3.8) is 0 Å². The Morgan fingerprint density at radius 2 is 1.41 bits per heavy atom. The van der Waals surface area contributed by atoms with E-state index in [2.05, 4.69) is 50.4 Å². The van der Waals surface area contributed by atoms with Crippen LogP contribution in [0.2, 0.25) is 0 Å². The maximum atomic E-state index is 2.73. The summed E-state index contributed by atoms with van der Waals surface area (Å²) in [4.78, 5) is 0. The molecule has 4 aliphatic rings. The van der Waals surface area contributed by atoms with Gasteiger partial charge in [0.2, 0.25) is 0 Å². The molecule has 0 atom stereocenters. The van der Waals surface area contributed by atoms with E-state index >= 15 is 0 Å². The van der Waals surface area contributed by atoms with Crippen molar-refractivity contribution in [2.24, 2.45) is 17.8 Å². The van der Waals surface area contributed by atoms with Crippen molar-refractivity contribution in [1.29, 1.82) is 0 Å². The molecule has 4 saturated carbocycles. The van der Waals surface area contributed by atoms with Crippen LogP contribution in [0.3, 0.4) is 0 Å². The summed E-state index contributed by atoms with van der Waals surface area (Å²) in [5.41, 5.74) is 3.83. The van der Waals surface area contributed by atoms with E-state index in [1.165, 1.54) is 36.9 Å². The van der Waals surface area contributed by atoms with E-state index in [0.717, 1.165) is 17.8 Å². The van der Waals surface area contributed by atoms with Crippen molar-refractivity contribution < 1.29 is 5.32 Å². The highest BCUT2D eigenvalue weighted by Crippen LogP contribution is 2.54. The lowest BCUT2D eigenvalue weighted by Gasteiger charge is -2.54. The zero-order chi connectivity index (χ0) is 15.4. The van der Waals surface area contributed by atoms with Gasteiger partial charge >= 0.3 is 0 Å². The van der Waals surface area contributed by atoms with E-state index in [0.29, 0.717) is 5.54 Å². The lowest BCUT2D eigenvalue weighted by atomic mass is 9.53. The summed E-state index contributed by atoms with van der Waals surface area (Å²) in [5.74, 6) is 3.18. The van der Waals surface area contributed by atoms with E-state index in [9.17, 15) is 0 Å². The molecule has 0 unspecified atom stereocenters. The second kappa shape index (κ2) is 5.09. The van der Waals surface area contributed by atoms with Crippen LogP contribution in [0.4, 0.5) is 0 Å². The first kappa shape index (κ1) is 14.8. The summed E-state index contributed by atoms with van der Waals surface area (Å²) in [7, 11) is 0. The van der Waals surface area contributed by atoms with E-state index in [1.807, 2.05) is 0 Å². The van der Waals surface area contributed by atoms with Gasteiger partial charge in [-0.25, -0.2) is 0 Å². The van der Waals surface area contributed by atoms with Crippen molar-refractivity contribution in [3.8, 4) is 0 Å². The van der Waals surface area contributed by atoms with Gasteiger partial charge in [-0.2, -0.15) is 0 Å². The van der Waals surface area contributed by atoms with Crippen LogP contribution in [-0.2, 0) is 12.0 Å². The molecule has 0 aliphatic heterocycles. The molecule has 2 N–H and O–H groups in total. The number of hydrogen-bond donors (Lipinski definition) is 1. The third-order valence-corrected chi connectivity index (χ3v) is 6.68. The molecular formula is C21H32N+. The Hall–Kier alpha value is -0.820. The molecule has 120 valence electrons. The summed E-state index contributed by atoms with van der Waals surface area (Å²) in [6.45, 7) is 8.06. The van der Waals surface area contributed by atoms with Crippen LogP contribution in [-0.4, -0.2) is 5.54 Å². The molecule has 0 spiro atoms. The molecule has 1 aromatic rings. The highest BCUT2D eigenvalue weighted by molar-refractivity contribution is 5.27. The molecule has 1 nitrogen and oxygen atoms in total. The molecule has 4 fully saturated rings. The largest absolute Gasteiger partial charge is 0.338 e. The zero-order valence-electron chi connectivity index (χ0n) is 14.6. The number of hydrogen-bond acceptors (Lipinski definition) is 0. The van der Waals surface area contributed by atoms with Gasteiger partial charge in [-0.3, -0.25) is 0 Å². The van der Waals surface area contributed by atoms with Gasteiger partial charge < -0.3 is 5.32 Å². The summed E-state index contributed by atoms with van der Waals surface area (Å²) in [6.07, 6.45) is 9.14. The number of rotatable bonds is 3. The van der Waals surface area contributed by atoms with Crippen molar-refractivity contribution in [2.45, 2.75) is 76.8 Å². The fourth-order valence-electron chi connectivity index (χ4n) is 5.90. The van der Waals surface area contributed by atoms with Crippen LogP contribution in [0.1, 0.15) is 70.4 Å². The smallest absolute Gasteiger partial charge is 0.102 e. The summed E-state index contributed by atoms with van der Waals surface area (Å²) in [6, 6.07) is 9.39. The van der Waals surface area contributed by atoms with Gasteiger partial charge in [0.1, 0.15) is 6.54 Å². The second-order valence-electron chi connectivity index (χ2n) is 9.64. The van der Waals surface area contributed by atoms with Gasteiger partial charge in [0, 0.05) is 24.8 Å². The minimum atomic E-state index is 0.266. The maximum absolute atomic E-state index is 2.73. The molecule has 4 bridgehead atoms. The van der Waals surface area contributed by atoms with Gasteiger partial charge in [0.15, 0.2) is 0 Å². The molecule has 1 aromatic carbocycles. The monoisotopic (exact) mass is 298 g/mol. The van der Waals surface area contributed by atoms with Crippen molar-refractivity contribution in [1.82, 2.24) is 0 Å². The predicted molar refractivity (Wildman–Crippen MR) is 91.7 cm³/mol. The summed E-state index contributed by atoms with van der Waals surface area (Å²) >= 11 is 0. The van der Waals surface area contributed by atoms with Gasteiger partial charge in [0.25, 0.3) is 0 Å². The van der Waals surface area contributed by atoms with Gasteiger partial charge in [0.05, 0.1) is 5.54 Å². The molecule has 0 saturated heterocycles.